The number of likely N-dealkylation sites (N-methyl/N-ethyl adjacent to an activating group) is 1. The molecule has 0 fully saturated rings. The predicted octanol–water partition coefficient (Wildman–Crippen LogP) is 3.56. The molecule has 2 aromatic carbocycles. The molecule has 2 aromatic heterocycles. The maximum absolute atomic E-state index is 13.9. The number of carbonyl (C=O) groups is 1. The summed E-state index contributed by atoms with van der Waals surface area (Å²) in [5.41, 5.74) is 4.19. The molecular formula is C24H25FN6O. The third-order valence-corrected chi connectivity index (χ3v) is 5.10. The fourth-order valence-corrected chi connectivity index (χ4v) is 3.50. The first-order valence-corrected chi connectivity index (χ1v) is 10.3. The second-order valence-corrected chi connectivity index (χ2v) is 7.70. The highest BCUT2D eigenvalue weighted by Crippen LogP contribution is 2.28. The Hall–Kier alpha value is -3.78. The fraction of sp³-hybridized carbons (Fsp3) is 0.208. The summed E-state index contributed by atoms with van der Waals surface area (Å²) in [6.07, 6.45) is 1.69. The van der Waals surface area contributed by atoms with Gasteiger partial charge in [0.1, 0.15) is 11.3 Å². The van der Waals surface area contributed by atoms with Crippen LogP contribution in [0.2, 0.25) is 0 Å². The Morgan fingerprint density at radius 1 is 1.12 bits per heavy atom. The lowest BCUT2D eigenvalue weighted by atomic mass is 10.1. The quantitative estimate of drug-likeness (QED) is 0.467. The lowest BCUT2D eigenvalue weighted by molar-refractivity contribution is 0.0951. The number of benzene rings is 2. The zero-order valence-electron chi connectivity index (χ0n) is 18.3. The first-order chi connectivity index (χ1) is 15.5. The minimum absolute atomic E-state index is 0.128. The molecule has 0 saturated heterocycles. The van der Waals surface area contributed by atoms with Gasteiger partial charge in [0.05, 0.1) is 23.1 Å². The Kier molecular flexibility index (Phi) is 6.13. The third-order valence-electron chi connectivity index (χ3n) is 5.10. The number of rotatable bonds is 7. The van der Waals surface area contributed by atoms with Gasteiger partial charge in [-0.2, -0.15) is 0 Å². The molecule has 1 amide bonds. The van der Waals surface area contributed by atoms with E-state index in [2.05, 4.69) is 20.6 Å². The van der Waals surface area contributed by atoms with E-state index in [-0.39, 0.29) is 11.7 Å². The van der Waals surface area contributed by atoms with Crippen LogP contribution in [0.3, 0.4) is 0 Å². The summed E-state index contributed by atoms with van der Waals surface area (Å²) in [6, 6.07) is 15.6. The molecular weight excluding hydrogens is 407 g/mol. The Morgan fingerprint density at radius 3 is 2.69 bits per heavy atom. The maximum atomic E-state index is 13.9. The average Bonchev–Trinajstić information content (AvgIpc) is 3.16. The number of aromatic nitrogens is 3. The van der Waals surface area contributed by atoms with E-state index in [0.29, 0.717) is 35.0 Å². The predicted molar refractivity (Wildman–Crippen MR) is 125 cm³/mol. The van der Waals surface area contributed by atoms with Gasteiger partial charge < -0.3 is 15.5 Å². The summed E-state index contributed by atoms with van der Waals surface area (Å²) in [5, 5.41) is 5.99. The van der Waals surface area contributed by atoms with Gasteiger partial charge >= 0.3 is 0 Å². The fourth-order valence-electron chi connectivity index (χ4n) is 3.50. The maximum Gasteiger partial charge on any atom is 0.251 e. The zero-order chi connectivity index (χ0) is 22.7. The number of carbonyl (C=O) groups excluding carboxylic acids is 1. The van der Waals surface area contributed by atoms with E-state index in [9.17, 15) is 9.18 Å². The topological polar surface area (TPSA) is 75.1 Å². The highest BCUT2D eigenvalue weighted by molar-refractivity contribution is 5.95. The molecule has 7 nitrogen and oxygen atoms in total. The number of hydrogen-bond acceptors (Lipinski definition) is 5. The minimum Gasteiger partial charge on any atom is -0.358 e. The first kappa shape index (κ1) is 21.5. The van der Waals surface area contributed by atoms with E-state index in [1.54, 1.807) is 25.4 Å². The summed E-state index contributed by atoms with van der Waals surface area (Å²) >= 11 is 0. The smallest absolute Gasteiger partial charge is 0.251 e. The molecule has 2 heterocycles. The number of amides is 1. The molecule has 0 saturated carbocycles. The van der Waals surface area contributed by atoms with Gasteiger partial charge in [0.2, 0.25) is 5.95 Å². The number of halogens is 1. The average molecular weight is 433 g/mol. The standard InChI is InChI=1S/C24H25FN6O/c1-26-24-29-21-15-28-20(14-22(21)31(24)19-9-5-8-18(25)13-19)16-6-4-7-17(12-16)23(32)27-10-11-30(2)3/h4-9,12-15H,10-11H2,1-3H3,(H,26,29)(H,27,32). The summed E-state index contributed by atoms with van der Waals surface area (Å²) < 4.78 is 15.7. The first-order valence-electron chi connectivity index (χ1n) is 10.3. The van der Waals surface area contributed by atoms with Gasteiger partial charge in [0, 0.05) is 31.3 Å². The number of fused-ring (bicyclic) bond motifs is 1. The van der Waals surface area contributed by atoms with Crippen LogP contribution >= 0.6 is 0 Å². The second kappa shape index (κ2) is 9.15. The van der Waals surface area contributed by atoms with Crippen LogP contribution in [-0.4, -0.2) is 59.6 Å². The van der Waals surface area contributed by atoms with Crippen LogP contribution in [0, 0.1) is 5.82 Å². The molecule has 0 radical (unpaired) electrons. The van der Waals surface area contributed by atoms with Gasteiger partial charge in [-0.3, -0.25) is 14.3 Å². The summed E-state index contributed by atoms with van der Waals surface area (Å²) in [6.45, 7) is 1.33. The molecule has 32 heavy (non-hydrogen) atoms. The van der Waals surface area contributed by atoms with Crippen molar-refractivity contribution in [1.29, 1.82) is 0 Å². The van der Waals surface area contributed by atoms with Gasteiger partial charge in [0.25, 0.3) is 5.91 Å². The Bertz CT molecular complexity index is 1270. The second-order valence-electron chi connectivity index (χ2n) is 7.70. The van der Waals surface area contributed by atoms with E-state index in [0.717, 1.165) is 17.6 Å². The molecule has 8 heteroatoms. The Morgan fingerprint density at radius 2 is 1.94 bits per heavy atom. The largest absolute Gasteiger partial charge is 0.358 e. The number of anilines is 1. The van der Waals surface area contributed by atoms with E-state index < -0.39 is 0 Å². The van der Waals surface area contributed by atoms with Crippen LogP contribution in [0.5, 0.6) is 0 Å². The van der Waals surface area contributed by atoms with Crippen molar-refractivity contribution in [3.63, 3.8) is 0 Å². The van der Waals surface area contributed by atoms with Crippen molar-refractivity contribution >= 4 is 22.9 Å². The van der Waals surface area contributed by atoms with Gasteiger partial charge in [-0.25, -0.2) is 9.37 Å². The lowest BCUT2D eigenvalue weighted by Gasteiger charge is -2.11. The molecule has 0 aliphatic rings. The third kappa shape index (κ3) is 4.45. The van der Waals surface area contributed by atoms with Crippen LogP contribution in [-0.2, 0) is 0 Å². The number of pyridine rings is 1. The number of nitrogens with one attached hydrogen (secondary N) is 2. The monoisotopic (exact) mass is 432 g/mol. The SMILES string of the molecule is CNc1nc2cnc(-c3cccc(C(=O)NCCN(C)C)c3)cc2n1-c1cccc(F)c1. The van der Waals surface area contributed by atoms with Gasteiger partial charge in [-0.1, -0.05) is 18.2 Å². The van der Waals surface area contributed by atoms with E-state index in [1.807, 2.05) is 53.9 Å². The molecule has 0 atom stereocenters. The van der Waals surface area contributed by atoms with Crippen LogP contribution < -0.4 is 10.6 Å². The van der Waals surface area contributed by atoms with Crippen molar-refractivity contribution in [3.8, 4) is 16.9 Å². The summed E-state index contributed by atoms with van der Waals surface area (Å²) in [7, 11) is 5.69. The van der Waals surface area contributed by atoms with Crippen LogP contribution in [0.15, 0.2) is 60.8 Å². The molecule has 164 valence electrons. The molecule has 0 unspecified atom stereocenters. The normalized spacial score (nSPS) is 11.2. The van der Waals surface area contributed by atoms with Gasteiger partial charge in [-0.15, -0.1) is 0 Å². The van der Waals surface area contributed by atoms with Crippen molar-refractivity contribution in [1.82, 2.24) is 24.8 Å². The molecule has 0 bridgehead atoms. The summed E-state index contributed by atoms with van der Waals surface area (Å²) in [4.78, 5) is 23.6. The zero-order valence-corrected chi connectivity index (χ0v) is 18.3. The van der Waals surface area contributed by atoms with Gasteiger partial charge in [0.15, 0.2) is 0 Å². The highest BCUT2D eigenvalue weighted by atomic mass is 19.1. The Balaban J connectivity index is 1.72. The van der Waals surface area contributed by atoms with Crippen molar-refractivity contribution in [2.45, 2.75) is 0 Å². The van der Waals surface area contributed by atoms with Crippen molar-refractivity contribution < 1.29 is 9.18 Å². The van der Waals surface area contributed by atoms with Crippen LogP contribution in [0.1, 0.15) is 10.4 Å². The van der Waals surface area contributed by atoms with E-state index in [1.165, 1.54) is 12.1 Å². The highest BCUT2D eigenvalue weighted by Gasteiger charge is 2.15. The van der Waals surface area contributed by atoms with Crippen molar-refractivity contribution in [3.05, 3.63) is 72.2 Å². The van der Waals surface area contributed by atoms with Crippen LogP contribution in [0.25, 0.3) is 28.0 Å². The number of imidazole rings is 1. The molecule has 2 N–H and O–H groups in total. The summed E-state index contributed by atoms with van der Waals surface area (Å²) in [5.74, 6) is 0.129. The van der Waals surface area contributed by atoms with Gasteiger partial charge in [-0.05, 0) is 50.5 Å². The van der Waals surface area contributed by atoms with Crippen molar-refractivity contribution in [2.24, 2.45) is 0 Å². The van der Waals surface area contributed by atoms with E-state index >= 15 is 0 Å². The molecule has 4 rings (SSSR count). The van der Waals surface area contributed by atoms with E-state index in [4.69, 9.17) is 0 Å². The molecule has 0 aliphatic carbocycles. The number of hydrogen-bond donors (Lipinski definition) is 2. The molecule has 0 aliphatic heterocycles. The molecule has 0 spiro atoms. The molecule has 4 aromatic rings. The number of nitrogens with zero attached hydrogens (tertiary/aromatic N) is 4. The Labute approximate surface area is 185 Å². The minimum atomic E-state index is -0.325. The van der Waals surface area contributed by atoms with Crippen LogP contribution in [0.4, 0.5) is 10.3 Å². The van der Waals surface area contributed by atoms with Crippen molar-refractivity contribution in [2.75, 3.05) is 39.5 Å². The lowest BCUT2D eigenvalue weighted by Crippen LogP contribution is -2.31.